The molecule has 0 spiro atoms. The van der Waals surface area contributed by atoms with Crippen molar-refractivity contribution < 1.29 is 13.2 Å². The number of aromatic amines is 1. The Morgan fingerprint density at radius 3 is 1.92 bits per heavy atom. The van der Waals surface area contributed by atoms with E-state index in [2.05, 4.69) is 15.1 Å². The molecule has 0 fully saturated rings. The quantitative estimate of drug-likeness (QED) is 0.606. The third-order valence-electron chi connectivity index (χ3n) is 0.661. The van der Waals surface area contributed by atoms with Crippen LogP contribution in [-0.2, 0) is 10.5 Å². The van der Waals surface area contributed by atoms with Gasteiger partial charge in [0, 0.05) is 12.4 Å². The molecule has 1 heterocycles. The fourth-order valence-electron chi connectivity index (χ4n) is 0.351. The van der Waals surface area contributed by atoms with Gasteiger partial charge in [-0.3, -0.25) is 0 Å². The third-order valence-corrected chi connectivity index (χ3v) is 0.990. The summed E-state index contributed by atoms with van der Waals surface area (Å²) in [6.07, 6.45) is 3.75. The first-order valence-corrected chi connectivity index (χ1v) is 3.84. The number of carbonyl (C=O) groups excluding carboxylic acids is 1. The normalized spacial score (nSPS) is 7.67. The van der Waals surface area contributed by atoms with E-state index in [-0.39, 0.29) is 0 Å². The second-order valence-electron chi connectivity index (χ2n) is 1.53. The molecule has 1 rings (SSSR count). The fraction of sp³-hybridized carbons (Fsp3) is 0. The maximum absolute atomic E-state index is 9.47. The van der Waals surface area contributed by atoms with Crippen molar-refractivity contribution in [3.8, 4) is 0 Å². The molecule has 0 atom stereocenters. The summed E-state index contributed by atoms with van der Waals surface area (Å²) in [5, 5.41) is 0. The van der Waals surface area contributed by atoms with Crippen LogP contribution in [0.1, 0.15) is 0 Å². The van der Waals surface area contributed by atoms with Gasteiger partial charge in [-0.05, 0) is 12.1 Å². The van der Waals surface area contributed by atoms with Crippen LogP contribution in [0.25, 0.3) is 0 Å². The first-order valence-electron chi connectivity index (χ1n) is 2.81. The Labute approximate surface area is 70.1 Å². The highest BCUT2D eigenvalue weighted by Crippen LogP contribution is 1.72. The zero-order valence-corrected chi connectivity index (χ0v) is 6.78. The lowest BCUT2D eigenvalue weighted by atomic mass is 10.7. The van der Waals surface area contributed by atoms with Gasteiger partial charge in [0.05, 0.1) is 0 Å². The largest absolute Gasteiger partial charge is 0.368 e. The van der Waals surface area contributed by atoms with Crippen LogP contribution in [0.3, 0.4) is 0 Å². The molecule has 0 aliphatic rings. The standard InChI is InChI=1S/C4H5N.CH2N2O3S/c1-2-4-5-3-1;2-1(4)3-7(5)6/h1-5H;(H2,2,4). The molecule has 3 N–H and O–H groups in total. The number of nitrogens with zero attached hydrogens (tertiary/aromatic N) is 1. The second kappa shape index (κ2) is 6.10. The summed E-state index contributed by atoms with van der Waals surface area (Å²) in [6, 6.07) is 2.69. The van der Waals surface area contributed by atoms with Gasteiger partial charge in [-0.25, -0.2) is 4.79 Å². The summed E-state index contributed by atoms with van der Waals surface area (Å²) in [5.74, 6) is 0. The van der Waals surface area contributed by atoms with E-state index in [0.29, 0.717) is 0 Å². The molecule has 0 unspecified atom stereocenters. The molecule has 0 saturated carbocycles. The molecule has 0 bridgehead atoms. The van der Waals surface area contributed by atoms with E-state index in [9.17, 15) is 13.2 Å². The average molecular weight is 189 g/mol. The first kappa shape index (κ1) is 10.4. The van der Waals surface area contributed by atoms with Gasteiger partial charge in [0.15, 0.2) is 0 Å². The van der Waals surface area contributed by atoms with Crippen molar-refractivity contribution in [1.29, 1.82) is 0 Å². The van der Waals surface area contributed by atoms with E-state index in [1.807, 2.05) is 24.5 Å². The van der Waals surface area contributed by atoms with Crippen molar-refractivity contribution in [2.45, 2.75) is 0 Å². The molecule has 1 aromatic heterocycles. The number of amides is 2. The Morgan fingerprint density at radius 1 is 1.33 bits per heavy atom. The Hall–Kier alpha value is -1.63. The molecule has 0 aliphatic heterocycles. The van der Waals surface area contributed by atoms with Crippen LogP contribution >= 0.6 is 0 Å². The second-order valence-corrected chi connectivity index (χ2v) is 2.15. The van der Waals surface area contributed by atoms with E-state index in [1.165, 1.54) is 0 Å². The molecule has 0 aliphatic carbocycles. The number of primary amides is 1. The molecule has 7 heteroatoms. The van der Waals surface area contributed by atoms with Crippen LogP contribution in [0, 0.1) is 0 Å². The van der Waals surface area contributed by atoms with Gasteiger partial charge in [-0.2, -0.15) is 8.42 Å². The lowest BCUT2D eigenvalue weighted by Crippen LogP contribution is -2.02. The molecule has 12 heavy (non-hydrogen) atoms. The van der Waals surface area contributed by atoms with E-state index in [0.717, 1.165) is 0 Å². The van der Waals surface area contributed by atoms with Gasteiger partial charge in [0.2, 0.25) is 0 Å². The van der Waals surface area contributed by atoms with E-state index in [4.69, 9.17) is 0 Å². The number of urea groups is 1. The van der Waals surface area contributed by atoms with Gasteiger partial charge in [0.1, 0.15) is 0 Å². The minimum Gasteiger partial charge on any atom is -0.368 e. The van der Waals surface area contributed by atoms with Gasteiger partial charge >= 0.3 is 16.5 Å². The van der Waals surface area contributed by atoms with Crippen molar-refractivity contribution in [3.05, 3.63) is 24.5 Å². The minimum atomic E-state index is -2.70. The monoisotopic (exact) mass is 189 g/mol. The number of hydrogen-bond acceptors (Lipinski definition) is 3. The number of H-pyrrole nitrogens is 1. The molecular weight excluding hydrogens is 182 g/mol. The average Bonchev–Trinajstić information content (AvgIpc) is 2.36. The van der Waals surface area contributed by atoms with Gasteiger partial charge < -0.3 is 10.7 Å². The van der Waals surface area contributed by atoms with E-state index in [1.54, 1.807) is 0 Å². The highest BCUT2D eigenvalue weighted by Gasteiger charge is 1.80. The van der Waals surface area contributed by atoms with Crippen molar-refractivity contribution in [2.24, 2.45) is 10.1 Å². The SMILES string of the molecule is NC(=O)N=S(=O)=O.c1cc[nH]c1. The number of carbonyl (C=O) groups is 1. The Morgan fingerprint density at radius 2 is 1.83 bits per heavy atom. The fourth-order valence-corrected chi connectivity index (χ4v) is 0.498. The molecule has 1 aromatic rings. The van der Waals surface area contributed by atoms with Crippen LogP contribution < -0.4 is 5.73 Å². The molecule has 0 aromatic carbocycles. The first-order chi connectivity index (χ1) is 5.63. The number of aromatic nitrogens is 1. The van der Waals surface area contributed by atoms with Crippen LogP contribution in [0.4, 0.5) is 4.79 Å². The van der Waals surface area contributed by atoms with Gasteiger partial charge in [-0.15, -0.1) is 0 Å². The van der Waals surface area contributed by atoms with Crippen molar-refractivity contribution >= 4 is 16.5 Å². The van der Waals surface area contributed by atoms with Gasteiger partial charge in [0.25, 0.3) is 0 Å². The number of rotatable bonds is 0. The summed E-state index contributed by atoms with van der Waals surface area (Å²) in [7, 11) is -2.70. The molecular formula is C5H7N3O3S. The molecule has 0 radical (unpaired) electrons. The lowest BCUT2D eigenvalue weighted by molar-refractivity contribution is 0.257. The predicted octanol–water partition coefficient (Wildman–Crippen LogP) is 0.143. The van der Waals surface area contributed by atoms with Crippen LogP contribution in [-0.4, -0.2) is 19.4 Å². The summed E-state index contributed by atoms with van der Waals surface area (Å²) >= 11 is 0. The van der Waals surface area contributed by atoms with E-state index >= 15 is 0 Å². The number of hydrogen-bond donors (Lipinski definition) is 2. The van der Waals surface area contributed by atoms with Crippen molar-refractivity contribution in [1.82, 2.24) is 4.98 Å². The molecule has 2 amide bonds. The topological polar surface area (TPSA) is 105 Å². The lowest BCUT2D eigenvalue weighted by Gasteiger charge is -1.64. The maximum Gasteiger partial charge on any atom is 0.353 e. The number of nitrogens with two attached hydrogens (primary N) is 1. The molecule has 0 saturated heterocycles. The molecule has 66 valence electrons. The zero-order valence-electron chi connectivity index (χ0n) is 5.97. The minimum absolute atomic E-state index is 1.20. The van der Waals surface area contributed by atoms with Crippen LogP contribution in [0.15, 0.2) is 28.9 Å². The van der Waals surface area contributed by atoms with E-state index < -0.39 is 16.5 Å². The summed E-state index contributed by atoms with van der Waals surface area (Å²) in [5.41, 5.74) is 4.29. The highest BCUT2D eigenvalue weighted by atomic mass is 32.2. The maximum atomic E-state index is 9.47. The van der Waals surface area contributed by atoms with Crippen molar-refractivity contribution in [3.63, 3.8) is 0 Å². The number of nitrogens with one attached hydrogen (secondary N) is 1. The highest BCUT2D eigenvalue weighted by molar-refractivity contribution is 7.62. The Bertz CT molecular complexity index is 315. The smallest absolute Gasteiger partial charge is 0.353 e. The Kier molecular flexibility index (Phi) is 5.28. The zero-order chi connectivity index (χ0) is 9.40. The van der Waals surface area contributed by atoms with Crippen LogP contribution in [0.2, 0.25) is 0 Å². The summed E-state index contributed by atoms with van der Waals surface area (Å²) in [6.45, 7) is 0. The molecule has 6 nitrogen and oxygen atoms in total. The summed E-state index contributed by atoms with van der Waals surface area (Å²) < 4.78 is 21.0. The van der Waals surface area contributed by atoms with Crippen LogP contribution in [0.5, 0.6) is 0 Å². The van der Waals surface area contributed by atoms with Gasteiger partial charge in [-0.1, -0.05) is 4.36 Å². The Balaban J connectivity index is 0.000000211. The van der Waals surface area contributed by atoms with Crippen molar-refractivity contribution in [2.75, 3.05) is 0 Å². The summed E-state index contributed by atoms with van der Waals surface area (Å²) in [4.78, 5) is 12.3. The third kappa shape index (κ3) is 8.37. The predicted molar refractivity (Wildman–Crippen MR) is 41.7 cm³/mol.